The van der Waals surface area contributed by atoms with E-state index in [1.807, 2.05) is 0 Å². The highest BCUT2D eigenvalue weighted by atomic mass is 19.1. The van der Waals surface area contributed by atoms with Gasteiger partial charge in [0.1, 0.15) is 0 Å². The molecule has 0 aromatic rings. The molecule has 0 saturated heterocycles. The molecule has 1 heterocycles. The SMILES string of the molecule is O=C(O)/C=C1\OC(=O)C=C1F. The molecule has 1 N–H and O–H groups in total. The summed E-state index contributed by atoms with van der Waals surface area (Å²) in [6.45, 7) is 0. The molecule has 11 heavy (non-hydrogen) atoms. The van der Waals surface area contributed by atoms with Crippen LogP contribution in [0.3, 0.4) is 0 Å². The lowest BCUT2D eigenvalue weighted by Crippen LogP contribution is -1.95. The van der Waals surface area contributed by atoms with Crippen molar-refractivity contribution < 1.29 is 23.8 Å². The lowest BCUT2D eigenvalue weighted by atomic mass is 10.4. The zero-order valence-electron chi connectivity index (χ0n) is 5.20. The molecule has 1 aliphatic heterocycles. The van der Waals surface area contributed by atoms with E-state index < -0.39 is 23.5 Å². The maximum atomic E-state index is 12.4. The van der Waals surface area contributed by atoms with Crippen LogP contribution < -0.4 is 0 Å². The standard InChI is InChI=1S/C6H3FO4/c7-3-1-6(10)11-4(3)2-5(8)9/h1-2H,(H,8,9)/b4-2-. The molecule has 0 aromatic heterocycles. The third-order valence-corrected chi connectivity index (χ3v) is 0.945. The second kappa shape index (κ2) is 2.53. The lowest BCUT2D eigenvalue weighted by Gasteiger charge is -1.92. The summed E-state index contributed by atoms with van der Waals surface area (Å²) in [7, 11) is 0. The van der Waals surface area contributed by atoms with Gasteiger partial charge in [-0.15, -0.1) is 0 Å². The number of carbonyl (C=O) groups excluding carboxylic acids is 1. The minimum atomic E-state index is -1.36. The van der Waals surface area contributed by atoms with Crippen molar-refractivity contribution in [3.63, 3.8) is 0 Å². The van der Waals surface area contributed by atoms with Gasteiger partial charge >= 0.3 is 11.9 Å². The van der Waals surface area contributed by atoms with Crippen LogP contribution in [-0.4, -0.2) is 17.0 Å². The molecule has 0 unspecified atom stereocenters. The summed E-state index contributed by atoms with van der Waals surface area (Å²) in [5, 5.41) is 8.12. The summed E-state index contributed by atoms with van der Waals surface area (Å²) < 4.78 is 16.5. The first-order chi connectivity index (χ1) is 5.09. The van der Waals surface area contributed by atoms with E-state index in [2.05, 4.69) is 4.74 Å². The Bertz CT molecular complexity index is 276. The predicted molar refractivity (Wildman–Crippen MR) is 31.0 cm³/mol. The molecule has 0 aliphatic carbocycles. The summed E-state index contributed by atoms with van der Waals surface area (Å²) in [6, 6.07) is 0. The Kier molecular flexibility index (Phi) is 1.72. The molecule has 0 spiro atoms. The Morgan fingerprint density at radius 1 is 1.73 bits per heavy atom. The average molecular weight is 158 g/mol. The largest absolute Gasteiger partial charge is 0.478 e. The molecule has 0 radical (unpaired) electrons. The van der Waals surface area contributed by atoms with Crippen molar-refractivity contribution in [2.75, 3.05) is 0 Å². The number of aliphatic carboxylic acids is 1. The van der Waals surface area contributed by atoms with Gasteiger partial charge in [0.15, 0.2) is 11.6 Å². The van der Waals surface area contributed by atoms with Gasteiger partial charge in [0.25, 0.3) is 0 Å². The fourth-order valence-corrected chi connectivity index (χ4v) is 0.572. The third kappa shape index (κ3) is 1.64. The fraction of sp³-hybridized carbons (Fsp3) is 0. The molecule has 5 heteroatoms. The number of hydrogen-bond acceptors (Lipinski definition) is 3. The predicted octanol–water partition coefficient (Wildman–Crippen LogP) is 0.365. The van der Waals surface area contributed by atoms with Crippen LogP contribution in [0.15, 0.2) is 23.7 Å². The van der Waals surface area contributed by atoms with Crippen LogP contribution in [0, 0.1) is 0 Å². The number of ether oxygens (including phenoxy) is 1. The molecule has 0 saturated carbocycles. The van der Waals surface area contributed by atoms with Gasteiger partial charge in [-0.2, -0.15) is 0 Å². The van der Waals surface area contributed by atoms with E-state index in [9.17, 15) is 14.0 Å². The molecular formula is C6H3FO4. The maximum Gasteiger partial charge on any atom is 0.339 e. The van der Waals surface area contributed by atoms with Crippen LogP contribution in [0.25, 0.3) is 0 Å². The molecule has 1 rings (SSSR count). The van der Waals surface area contributed by atoms with Crippen LogP contribution in [0.1, 0.15) is 0 Å². The van der Waals surface area contributed by atoms with Crippen LogP contribution in [-0.2, 0) is 14.3 Å². The summed E-state index contributed by atoms with van der Waals surface area (Å²) in [4.78, 5) is 20.2. The zero-order valence-corrected chi connectivity index (χ0v) is 5.20. The normalized spacial score (nSPS) is 19.9. The number of halogens is 1. The molecule has 0 aromatic carbocycles. The van der Waals surface area contributed by atoms with Crippen LogP contribution in [0.4, 0.5) is 4.39 Å². The first-order valence-corrected chi connectivity index (χ1v) is 2.63. The van der Waals surface area contributed by atoms with Gasteiger partial charge < -0.3 is 9.84 Å². The number of hydrogen-bond donors (Lipinski definition) is 1. The Balaban J connectivity index is 2.87. The number of cyclic esters (lactones) is 1. The molecule has 0 bridgehead atoms. The summed E-state index contributed by atoms with van der Waals surface area (Å²) in [5.41, 5.74) is 0. The van der Waals surface area contributed by atoms with Gasteiger partial charge in [-0.3, -0.25) is 0 Å². The number of carbonyl (C=O) groups is 2. The maximum absolute atomic E-state index is 12.4. The van der Waals surface area contributed by atoms with Crippen molar-refractivity contribution in [3.8, 4) is 0 Å². The van der Waals surface area contributed by atoms with Crippen molar-refractivity contribution in [1.29, 1.82) is 0 Å². The molecule has 1 aliphatic rings. The molecule has 58 valence electrons. The van der Waals surface area contributed by atoms with Crippen LogP contribution in [0.5, 0.6) is 0 Å². The summed E-state index contributed by atoms with van der Waals surface area (Å²) in [6.07, 6.45) is 1.06. The van der Waals surface area contributed by atoms with E-state index in [1.54, 1.807) is 0 Å². The second-order valence-corrected chi connectivity index (χ2v) is 1.76. The average Bonchev–Trinajstić information content (AvgIpc) is 2.09. The van der Waals surface area contributed by atoms with Crippen LogP contribution >= 0.6 is 0 Å². The highest BCUT2D eigenvalue weighted by Crippen LogP contribution is 2.19. The van der Waals surface area contributed by atoms with Crippen molar-refractivity contribution in [3.05, 3.63) is 23.7 Å². The van der Waals surface area contributed by atoms with Gasteiger partial charge in [-0.1, -0.05) is 0 Å². The van der Waals surface area contributed by atoms with E-state index in [1.165, 1.54) is 0 Å². The Hall–Kier alpha value is -1.65. The van der Waals surface area contributed by atoms with Gasteiger partial charge in [0.05, 0.1) is 12.2 Å². The molecule has 4 nitrogen and oxygen atoms in total. The van der Waals surface area contributed by atoms with Gasteiger partial charge in [0, 0.05) is 0 Å². The van der Waals surface area contributed by atoms with E-state index in [4.69, 9.17) is 5.11 Å². The van der Waals surface area contributed by atoms with Crippen molar-refractivity contribution in [2.24, 2.45) is 0 Å². The molecule has 0 atom stereocenters. The Morgan fingerprint density at radius 3 is 2.73 bits per heavy atom. The number of rotatable bonds is 1. The molecular weight excluding hydrogens is 155 g/mol. The summed E-state index contributed by atoms with van der Waals surface area (Å²) >= 11 is 0. The van der Waals surface area contributed by atoms with Gasteiger partial charge in [-0.05, 0) is 0 Å². The van der Waals surface area contributed by atoms with Crippen LogP contribution in [0.2, 0.25) is 0 Å². The first-order valence-electron chi connectivity index (χ1n) is 2.63. The second-order valence-electron chi connectivity index (χ2n) is 1.76. The highest BCUT2D eigenvalue weighted by molar-refractivity contribution is 5.90. The Morgan fingerprint density at radius 2 is 2.36 bits per heavy atom. The van der Waals surface area contributed by atoms with Gasteiger partial charge in [-0.25, -0.2) is 14.0 Å². The highest BCUT2D eigenvalue weighted by Gasteiger charge is 2.20. The van der Waals surface area contributed by atoms with E-state index in [0.29, 0.717) is 12.2 Å². The van der Waals surface area contributed by atoms with Gasteiger partial charge in [0.2, 0.25) is 0 Å². The minimum Gasteiger partial charge on any atom is -0.478 e. The van der Waals surface area contributed by atoms with Crippen molar-refractivity contribution >= 4 is 11.9 Å². The summed E-state index contributed by atoms with van der Waals surface area (Å²) in [5.74, 6) is -3.77. The first kappa shape index (κ1) is 7.46. The topological polar surface area (TPSA) is 63.6 Å². The smallest absolute Gasteiger partial charge is 0.339 e. The van der Waals surface area contributed by atoms with E-state index >= 15 is 0 Å². The van der Waals surface area contributed by atoms with E-state index in [-0.39, 0.29) is 0 Å². The van der Waals surface area contributed by atoms with Crippen molar-refractivity contribution in [1.82, 2.24) is 0 Å². The number of carboxylic acids is 1. The minimum absolute atomic E-state index is 0.483. The molecule has 0 fully saturated rings. The lowest BCUT2D eigenvalue weighted by molar-refractivity contribution is -0.132. The monoisotopic (exact) mass is 158 g/mol. The Labute approximate surface area is 60.6 Å². The number of carboxylic acid groups (broad SMARTS) is 1. The zero-order chi connectivity index (χ0) is 8.43. The molecule has 0 amide bonds. The number of allylic oxidation sites excluding steroid dienone is 1. The third-order valence-electron chi connectivity index (χ3n) is 0.945. The van der Waals surface area contributed by atoms with E-state index in [0.717, 1.165) is 0 Å². The quantitative estimate of drug-likeness (QED) is 0.442. The number of esters is 1. The fourth-order valence-electron chi connectivity index (χ4n) is 0.572. The van der Waals surface area contributed by atoms with Crippen molar-refractivity contribution in [2.45, 2.75) is 0 Å².